The average molecular weight is 326 g/mol. The topological polar surface area (TPSA) is 69.6 Å². The molecule has 2 rings (SSSR count). The summed E-state index contributed by atoms with van der Waals surface area (Å²) >= 11 is 3.40. The van der Waals surface area contributed by atoms with E-state index in [1.807, 2.05) is 0 Å². The van der Waals surface area contributed by atoms with Gasteiger partial charge in [0.15, 0.2) is 5.16 Å². The molecule has 0 atom stereocenters. The summed E-state index contributed by atoms with van der Waals surface area (Å²) < 4.78 is 2.11. The maximum Gasteiger partial charge on any atom is 0.191 e. The summed E-state index contributed by atoms with van der Waals surface area (Å²) in [6.07, 6.45) is 1.05. The second-order valence-corrected chi connectivity index (χ2v) is 7.80. The fourth-order valence-electron chi connectivity index (χ4n) is 1.87. The van der Waals surface area contributed by atoms with E-state index < -0.39 is 0 Å². The molecule has 2 heterocycles. The normalized spacial score (nSPS) is 12.0. The van der Waals surface area contributed by atoms with Gasteiger partial charge in [-0.05, 0) is 6.42 Å². The SMILES string of the molecule is CCCn1c(CN)nnc1SCc1nc(C(C)(C)C)cs1. The van der Waals surface area contributed by atoms with E-state index in [2.05, 4.69) is 47.8 Å². The van der Waals surface area contributed by atoms with Crippen LogP contribution >= 0.6 is 23.1 Å². The quantitative estimate of drug-likeness (QED) is 0.826. The molecular weight excluding hydrogens is 302 g/mol. The Morgan fingerprint density at radius 1 is 1.33 bits per heavy atom. The van der Waals surface area contributed by atoms with Crippen molar-refractivity contribution in [1.29, 1.82) is 0 Å². The van der Waals surface area contributed by atoms with E-state index in [9.17, 15) is 0 Å². The first-order chi connectivity index (χ1) is 9.95. The molecule has 21 heavy (non-hydrogen) atoms. The lowest BCUT2D eigenvalue weighted by Gasteiger charge is -2.14. The molecule has 0 saturated carbocycles. The van der Waals surface area contributed by atoms with E-state index in [1.54, 1.807) is 23.1 Å². The highest BCUT2D eigenvalue weighted by molar-refractivity contribution is 7.98. The predicted octanol–water partition coefficient (Wildman–Crippen LogP) is 3.19. The Kier molecular flexibility index (Phi) is 5.40. The van der Waals surface area contributed by atoms with Crippen LogP contribution in [0.3, 0.4) is 0 Å². The lowest BCUT2D eigenvalue weighted by molar-refractivity contribution is 0.571. The fraction of sp³-hybridized carbons (Fsp3) is 0.643. The third-order valence-corrected chi connectivity index (χ3v) is 5.08. The number of nitrogens with zero attached hydrogens (tertiary/aromatic N) is 4. The number of thioether (sulfide) groups is 1. The number of nitrogens with two attached hydrogens (primary N) is 1. The van der Waals surface area contributed by atoms with Crippen molar-refractivity contribution in [2.75, 3.05) is 0 Å². The molecule has 2 N–H and O–H groups in total. The van der Waals surface area contributed by atoms with Gasteiger partial charge in [0, 0.05) is 17.3 Å². The van der Waals surface area contributed by atoms with Crippen molar-refractivity contribution in [3.8, 4) is 0 Å². The molecule has 0 amide bonds. The standard InChI is InChI=1S/C14H23N5S2/c1-5-6-19-11(7-15)17-18-13(19)21-9-12-16-10(8-20-12)14(2,3)4/h8H,5-7,9,15H2,1-4H3. The van der Waals surface area contributed by atoms with Gasteiger partial charge in [0.1, 0.15) is 10.8 Å². The van der Waals surface area contributed by atoms with E-state index in [0.717, 1.165) is 40.4 Å². The predicted molar refractivity (Wildman–Crippen MR) is 88.6 cm³/mol. The smallest absolute Gasteiger partial charge is 0.191 e. The van der Waals surface area contributed by atoms with Gasteiger partial charge in [-0.2, -0.15) is 0 Å². The number of hydrogen-bond acceptors (Lipinski definition) is 6. The van der Waals surface area contributed by atoms with Crippen LogP contribution in [0.5, 0.6) is 0 Å². The molecule has 7 heteroatoms. The Labute approximate surface area is 134 Å². The van der Waals surface area contributed by atoms with Crippen LogP contribution in [0.4, 0.5) is 0 Å². The van der Waals surface area contributed by atoms with Gasteiger partial charge in [-0.15, -0.1) is 21.5 Å². The van der Waals surface area contributed by atoms with E-state index in [0.29, 0.717) is 6.54 Å². The second kappa shape index (κ2) is 6.89. The first-order valence-electron chi connectivity index (χ1n) is 7.15. The number of thiazole rings is 1. The Morgan fingerprint density at radius 3 is 2.67 bits per heavy atom. The molecule has 0 spiro atoms. The van der Waals surface area contributed by atoms with E-state index >= 15 is 0 Å². The average Bonchev–Trinajstić information content (AvgIpc) is 3.03. The molecule has 0 radical (unpaired) electrons. The zero-order chi connectivity index (χ0) is 15.5. The van der Waals surface area contributed by atoms with Crippen molar-refractivity contribution in [2.45, 2.75) is 63.5 Å². The van der Waals surface area contributed by atoms with Gasteiger partial charge in [-0.3, -0.25) is 0 Å². The van der Waals surface area contributed by atoms with Gasteiger partial charge >= 0.3 is 0 Å². The van der Waals surface area contributed by atoms with Crippen LogP contribution in [0.25, 0.3) is 0 Å². The molecule has 0 saturated heterocycles. The molecular formula is C14H23N5S2. The molecule has 0 aliphatic rings. The monoisotopic (exact) mass is 325 g/mol. The Balaban J connectivity index is 2.06. The largest absolute Gasteiger partial charge is 0.324 e. The Bertz CT molecular complexity index is 582. The molecule has 5 nitrogen and oxygen atoms in total. The molecule has 0 aliphatic heterocycles. The fourth-order valence-corrected chi connectivity index (χ4v) is 3.90. The lowest BCUT2D eigenvalue weighted by Crippen LogP contribution is -2.11. The van der Waals surface area contributed by atoms with Crippen LogP contribution in [0.15, 0.2) is 10.5 Å². The molecule has 0 aromatic carbocycles. The van der Waals surface area contributed by atoms with Gasteiger partial charge < -0.3 is 10.3 Å². The minimum atomic E-state index is 0.106. The summed E-state index contributed by atoms with van der Waals surface area (Å²) in [5, 5.41) is 12.6. The van der Waals surface area contributed by atoms with Gasteiger partial charge in [0.2, 0.25) is 0 Å². The lowest BCUT2D eigenvalue weighted by atomic mass is 9.93. The number of rotatable bonds is 6. The summed E-state index contributed by atoms with van der Waals surface area (Å²) in [7, 11) is 0. The number of aromatic nitrogens is 4. The Morgan fingerprint density at radius 2 is 2.10 bits per heavy atom. The zero-order valence-electron chi connectivity index (χ0n) is 13.1. The summed E-state index contributed by atoms with van der Waals surface area (Å²) in [5.74, 6) is 1.68. The zero-order valence-corrected chi connectivity index (χ0v) is 14.7. The van der Waals surface area contributed by atoms with Crippen LogP contribution in [0, 0.1) is 0 Å². The Hall–Kier alpha value is -0.920. The highest BCUT2D eigenvalue weighted by Crippen LogP contribution is 2.28. The summed E-state index contributed by atoms with van der Waals surface area (Å²) in [6.45, 7) is 10.0. The molecule has 0 fully saturated rings. The minimum Gasteiger partial charge on any atom is -0.324 e. The van der Waals surface area contributed by atoms with Crippen LogP contribution < -0.4 is 5.73 Å². The van der Waals surface area contributed by atoms with E-state index in [4.69, 9.17) is 10.7 Å². The molecule has 0 aliphatic carbocycles. The van der Waals surface area contributed by atoms with E-state index in [-0.39, 0.29) is 5.41 Å². The summed E-state index contributed by atoms with van der Waals surface area (Å²) in [5.41, 5.74) is 6.97. The van der Waals surface area contributed by atoms with Crippen molar-refractivity contribution in [2.24, 2.45) is 5.73 Å². The van der Waals surface area contributed by atoms with Crippen LogP contribution in [-0.4, -0.2) is 19.7 Å². The summed E-state index contributed by atoms with van der Waals surface area (Å²) in [4.78, 5) is 4.71. The van der Waals surface area contributed by atoms with Crippen LogP contribution in [0.1, 0.15) is 50.6 Å². The van der Waals surface area contributed by atoms with Crippen LogP contribution in [0.2, 0.25) is 0 Å². The maximum atomic E-state index is 5.71. The molecule has 0 bridgehead atoms. The first kappa shape index (κ1) is 16.5. The molecule has 0 unspecified atom stereocenters. The van der Waals surface area contributed by atoms with Crippen molar-refractivity contribution in [3.63, 3.8) is 0 Å². The van der Waals surface area contributed by atoms with Crippen molar-refractivity contribution in [1.82, 2.24) is 19.7 Å². The summed E-state index contributed by atoms with van der Waals surface area (Å²) in [6, 6.07) is 0. The van der Waals surface area contributed by atoms with Crippen molar-refractivity contribution in [3.05, 3.63) is 21.9 Å². The molecule has 2 aromatic rings. The third kappa shape index (κ3) is 4.05. The second-order valence-electron chi connectivity index (χ2n) is 5.92. The van der Waals surface area contributed by atoms with Gasteiger partial charge in [-0.25, -0.2) is 4.98 Å². The van der Waals surface area contributed by atoms with Gasteiger partial charge in [0.25, 0.3) is 0 Å². The van der Waals surface area contributed by atoms with Crippen molar-refractivity contribution < 1.29 is 0 Å². The molecule has 116 valence electrons. The van der Waals surface area contributed by atoms with Gasteiger partial charge in [0.05, 0.1) is 18.0 Å². The van der Waals surface area contributed by atoms with Gasteiger partial charge in [-0.1, -0.05) is 39.5 Å². The van der Waals surface area contributed by atoms with E-state index in [1.165, 1.54) is 0 Å². The third-order valence-electron chi connectivity index (χ3n) is 3.07. The minimum absolute atomic E-state index is 0.106. The molecule has 2 aromatic heterocycles. The highest BCUT2D eigenvalue weighted by atomic mass is 32.2. The highest BCUT2D eigenvalue weighted by Gasteiger charge is 2.18. The number of hydrogen-bond donors (Lipinski definition) is 1. The van der Waals surface area contributed by atoms with Crippen molar-refractivity contribution >= 4 is 23.1 Å². The van der Waals surface area contributed by atoms with Crippen LogP contribution in [-0.2, 0) is 24.3 Å². The first-order valence-corrected chi connectivity index (χ1v) is 9.02. The maximum absolute atomic E-state index is 5.71.